The minimum Gasteiger partial charge on any atom is -0.380 e. The molecule has 108 valence electrons. The van der Waals surface area contributed by atoms with E-state index in [1.54, 1.807) is 0 Å². The molecular formula is C15H32N2O. The van der Waals surface area contributed by atoms with Crippen LogP contribution in [0.5, 0.6) is 0 Å². The van der Waals surface area contributed by atoms with E-state index in [0.717, 1.165) is 25.6 Å². The molecule has 0 bridgehead atoms. The fraction of sp³-hybridized carbons (Fsp3) is 1.00. The summed E-state index contributed by atoms with van der Waals surface area (Å²) in [5.74, 6) is 0.756. The second-order valence-corrected chi connectivity index (χ2v) is 6.08. The van der Waals surface area contributed by atoms with Gasteiger partial charge in [0.05, 0.1) is 6.10 Å². The largest absolute Gasteiger partial charge is 0.380 e. The van der Waals surface area contributed by atoms with Crippen LogP contribution < -0.4 is 5.32 Å². The molecule has 0 spiro atoms. The highest BCUT2D eigenvalue weighted by molar-refractivity contribution is 4.77. The van der Waals surface area contributed by atoms with Crippen LogP contribution in [0, 0.1) is 5.92 Å². The smallest absolute Gasteiger partial charge is 0.0698 e. The second-order valence-electron chi connectivity index (χ2n) is 6.08. The Labute approximate surface area is 113 Å². The van der Waals surface area contributed by atoms with Gasteiger partial charge in [0.15, 0.2) is 0 Å². The van der Waals surface area contributed by atoms with Crippen molar-refractivity contribution in [2.24, 2.45) is 5.92 Å². The zero-order valence-corrected chi connectivity index (χ0v) is 12.7. The third-order valence-electron chi connectivity index (χ3n) is 3.89. The molecule has 3 nitrogen and oxygen atoms in total. The monoisotopic (exact) mass is 256 g/mol. The highest BCUT2D eigenvalue weighted by Crippen LogP contribution is 2.17. The van der Waals surface area contributed by atoms with Crippen molar-refractivity contribution in [1.82, 2.24) is 10.2 Å². The molecule has 0 saturated carbocycles. The first-order valence-corrected chi connectivity index (χ1v) is 7.61. The summed E-state index contributed by atoms with van der Waals surface area (Å²) in [6.45, 7) is 11.6. The summed E-state index contributed by atoms with van der Waals surface area (Å²) in [5.41, 5.74) is 0. The van der Waals surface area contributed by atoms with Gasteiger partial charge in [-0.15, -0.1) is 0 Å². The van der Waals surface area contributed by atoms with Gasteiger partial charge in [0, 0.05) is 19.7 Å². The first-order chi connectivity index (χ1) is 8.63. The van der Waals surface area contributed by atoms with Crippen molar-refractivity contribution in [1.29, 1.82) is 0 Å². The van der Waals surface area contributed by atoms with Crippen LogP contribution in [-0.2, 0) is 4.74 Å². The van der Waals surface area contributed by atoms with Crippen LogP contribution in [0.1, 0.15) is 46.5 Å². The van der Waals surface area contributed by atoms with E-state index in [-0.39, 0.29) is 0 Å². The number of rotatable bonds is 8. The summed E-state index contributed by atoms with van der Waals surface area (Å²) in [5, 5.41) is 3.52. The lowest BCUT2D eigenvalue weighted by Gasteiger charge is -2.36. The first-order valence-electron chi connectivity index (χ1n) is 7.61. The zero-order chi connectivity index (χ0) is 13.4. The summed E-state index contributed by atoms with van der Waals surface area (Å²) >= 11 is 0. The molecule has 1 heterocycles. The molecule has 1 saturated heterocycles. The lowest BCUT2D eigenvalue weighted by Crippen LogP contribution is -2.44. The van der Waals surface area contributed by atoms with Gasteiger partial charge in [-0.05, 0) is 58.2 Å². The number of ether oxygens (including phenoxy) is 1. The number of nitrogens with one attached hydrogen (secondary N) is 1. The average Bonchev–Trinajstić information content (AvgIpc) is 2.37. The van der Waals surface area contributed by atoms with Crippen molar-refractivity contribution < 1.29 is 4.74 Å². The van der Waals surface area contributed by atoms with E-state index in [1.165, 1.54) is 32.2 Å². The summed E-state index contributed by atoms with van der Waals surface area (Å²) in [7, 11) is 1.84. The number of hydrogen-bond acceptors (Lipinski definition) is 3. The quantitative estimate of drug-likeness (QED) is 0.675. The van der Waals surface area contributed by atoms with Crippen molar-refractivity contribution in [2.45, 2.75) is 58.6 Å². The molecule has 1 N–H and O–H groups in total. The molecule has 1 rings (SSSR count). The Kier molecular flexibility index (Phi) is 7.87. The summed E-state index contributed by atoms with van der Waals surface area (Å²) in [4.78, 5) is 2.60. The maximum Gasteiger partial charge on any atom is 0.0698 e. The molecule has 1 aliphatic heterocycles. The molecule has 0 aromatic carbocycles. The molecule has 0 amide bonds. The molecule has 0 aliphatic carbocycles. The van der Waals surface area contributed by atoms with Gasteiger partial charge in [0.1, 0.15) is 0 Å². The van der Waals surface area contributed by atoms with Crippen LogP contribution in [-0.4, -0.2) is 50.3 Å². The minimum atomic E-state index is 0.459. The van der Waals surface area contributed by atoms with Gasteiger partial charge < -0.3 is 10.1 Å². The van der Waals surface area contributed by atoms with Gasteiger partial charge >= 0.3 is 0 Å². The van der Waals surface area contributed by atoms with Gasteiger partial charge in [-0.25, -0.2) is 0 Å². The average molecular weight is 256 g/mol. The van der Waals surface area contributed by atoms with Crippen LogP contribution in [0.15, 0.2) is 0 Å². The van der Waals surface area contributed by atoms with Crippen molar-refractivity contribution in [3.8, 4) is 0 Å². The Morgan fingerprint density at radius 3 is 2.78 bits per heavy atom. The normalized spacial score (nSPS) is 23.5. The molecule has 0 aromatic rings. The van der Waals surface area contributed by atoms with E-state index in [4.69, 9.17) is 4.74 Å². The number of piperidine rings is 1. The number of likely N-dealkylation sites (tertiary alicyclic amines) is 1. The Balaban J connectivity index is 2.10. The van der Waals surface area contributed by atoms with Crippen molar-refractivity contribution in [2.75, 3.05) is 33.3 Å². The van der Waals surface area contributed by atoms with Crippen molar-refractivity contribution >= 4 is 0 Å². The molecule has 2 atom stereocenters. The maximum atomic E-state index is 5.49. The third kappa shape index (κ3) is 6.17. The number of hydrogen-bond donors (Lipinski definition) is 1. The van der Waals surface area contributed by atoms with E-state index in [2.05, 4.69) is 31.0 Å². The van der Waals surface area contributed by atoms with E-state index >= 15 is 0 Å². The highest BCUT2D eigenvalue weighted by atomic mass is 16.5. The maximum absolute atomic E-state index is 5.49. The fourth-order valence-corrected chi connectivity index (χ4v) is 2.65. The molecule has 3 heteroatoms. The Bertz CT molecular complexity index is 209. The van der Waals surface area contributed by atoms with Crippen molar-refractivity contribution in [3.05, 3.63) is 0 Å². The minimum absolute atomic E-state index is 0.459. The van der Waals surface area contributed by atoms with Crippen molar-refractivity contribution in [3.63, 3.8) is 0 Å². The van der Waals surface area contributed by atoms with E-state index in [1.807, 2.05) is 7.11 Å². The molecule has 1 fully saturated rings. The van der Waals surface area contributed by atoms with E-state index < -0.39 is 0 Å². The SMILES string of the molecule is COC1CCCN(C(C)CCCNCC(C)C)C1. The van der Waals surface area contributed by atoms with E-state index in [0.29, 0.717) is 12.1 Å². The molecule has 0 radical (unpaired) electrons. The zero-order valence-electron chi connectivity index (χ0n) is 12.7. The van der Waals surface area contributed by atoms with Gasteiger partial charge in [0.25, 0.3) is 0 Å². The highest BCUT2D eigenvalue weighted by Gasteiger charge is 2.22. The topological polar surface area (TPSA) is 24.5 Å². The summed E-state index contributed by atoms with van der Waals surface area (Å²) in [6, 6.07) is 0.698. The summed E-state index contributed by atoms with van der Waals surface area (Å²) in [6.07, 6.45) is 5.55. The number of nitrogens with zero attached hydrogens (tertiary/aromatic N) is 1. The molecular weight excluding hydrogens is 224 g/mol. The molecule has 0 aromatic heterocycles. The number of methoxy groups -OCH3 is 1. The first kappa shape index (κ1) is 15.9. The lowest BCUT2D eigenvalue weighted by atomic mass is 10.0. The Hall–Kier alpha value is -0.120. The molecule has 2 unspecified atom stereocenters. The van der Waals surface area contributed by atoms with Crippen LogP contribution >= 0.6 is 0 Å². The lowest BCUT2D eigenvalue weighted by molar-refractivity contribution is 0.0158. The van der Waals surface area contributed by atoms with Gasteiger partial charge in [-0.1, -0.05) is 13.8 Å². The summed E-state index contributed by atoms with van der Waals surface area (Å²) < 4.78 is 5.49. The van der Waals surface area contributed by atoms with Crippen LogP contribution in [0.3, 0.4) is 0 Å². The Morgan fingerprint density at radius 1 is 1.33 bits per heavy atom. The van der Waals surface area contributed by atoms with Gasteiger partial charge in [0.2, 0.25) is 0 Å². The van der Waals surface area contributed by atoms with Crippen LogP contribution in [0.2, 0.25) is 0 Å². The van der Waals surface area contributed by atoms with Crippen LogP contribution in [0.25, 0.3) is 0 Å². The van der Waals surface area contributed by atoms with Gasteiger partial charge in [-0.3, -0.25) is 4.90 Å². The predicted molar refractivity (Wildman–Crippen MR) is 78.0 cm³/mol. The predicted octanol–water partition coefficient (Wildman–Crippen LogP) is 2.51. The molecule has 1 aliphatic rings. The standard InChI is InChI=1S/C15H32N2O/c1-13(2)11-16-9-5-7-14(3)17-10-6-8-15(12-17)18-4/h13-16H,5-12H2,1-4H3. The van der Waals surface area contributed by atoms with Gasteiger partial charge in [-0.2, -0.15) is 0 Å². The Morgan fingerprint density at radius 2 is 2.11 bits per heavy atom. The fourth-order valence-electron chi connectivity index (χ4n) is 2.65. The van der Waals surface area contributed by atoms with E-state index in [9.17, 15) is 0 Å². The second kappa shape index (κ2) is 8.89. The third-order valence-corrected chi connectivity index (χ3v) is 3.89. The molecule has 18 heavy (non-hydrogen) atoms. The van der Waals surface area contributed by atoms with Crippen LogP contribution in [0.4, 0.5) is 0 Å².